The molecule has 3 N–H and O–H groups in total. The predicted octanol–water partition coefficient (Wildman–Crippen LogP) is 2.81. The number of nitrogens with two attached hydrogens (primary N) is 1. The molecule has 0 aliphatic heterocycles. The lowest BCUT2D eigenvalue weighted by molar-refractivity contribution is -0.141. The van der Waals surface area contributed by atoms with E-state index in [4.69, 9.17) is 5.73 Å². The van der Waals surface area contributed by atoms with Crippen LogP contribution in [0.15, 0.2) is 54.9 Å². The van der Waals surface area contributed by atoms with Gasteiger partial charge in [-0.05, 0) is 25.5 Å². The van der Waals surface area contributed by atoms with E-state index in [0.717, 1.165) is 11.3 Å². The van der Waals surface area contributed by atoms with E-state index in [0.29, 0.717) is 17.1 Å². The van der Waals surface area contributed by atoms with Crippen molar-refractivity contribution in [3.8, 4) is 22.6 Å². The first-order valence-electron chi connectivity index (χ1n) is 8.54. The first-order valence-corrected chi connectivity index (χ1v) is 8.54. The molecule has 0 spiro atoms. The second-order valence-electron chi connectivity index (χ2n) is 6.24. The zero-order valence-corrected chi connectivity index (χ0v) is 14.9. The monoisotopic (exact) mass is 364 g/mol. The molecule has 2 heterocycles. The third-order valence-electron chi connectivity index (χ3n) is 4.26. The average molecular weight is 364 g/mol. The van der Waals surface area contributed by atoms with E-state index >= 15 is 0 Å². The molecule has 7 nitrogen and oxygen atoms in total. The van der Waals surface area contributed by atoms with Crippen molar-refractivity contribution in [2.24, 2.45) is 5.73 Å². The van der Waals surface area contributed by atoms with Gasteiger partial charge in [0.1, 0.15) is 6.04 Å². The lowest BCUT2D eigenvalue weighted by Gasteiger charge is -2.17. The first kappa shape index (κ1) is 18.3. The fraction of sp³-hybridized carbons (Fsp3) is 0.200. The maximum Gasteiger partial charge on any atom is 0.326 e. The number of carboxylic acid groups (broad SMARTS) is 1. The number of aryl methyl sites for hydroxylation is 1. The summed E-state index contributed by atoms with van der Waals surface area (Å²) in [7, 11) is 0. The van der Waals surface area contributed by atoms with Crippen LogP contribution in [0.25, 0.3) is 22.6 Å². The molecule has 0 bridgehead atoms. The van der Waals surface area contributed by atoms with Crippen molar-refractivity contribution < 1.29 is 14.7 Å². The summed E-state index contributed by atoms with van der Waals surface area (Å²) in [5.74, 6) is -1.60. The zero-order chi connectivity index (χ0) is 19.4. The van der Waals surface area contributed by atoms with Crippen LogP contribution in [0.2, 0.25) is 0 Å². The number of benzene rings is 1. The van der Waals surface area contributed by atoms with Gasteiger partial charge in [-0.25, -0.2) is 9.78 Å². The molecule has 0 saturated carbocycles. The van der Waals surface area contributed by atoms with Gasteiger partial charge in [0.05, 0.1) is 23.4 Å². The Bertz CT molecular complexity index is 966. The molecule has 7 heteroatoms. The number of hydrogen-bond donors (Lipinski definition) is 2. The fourth-order valence-electron chi connectivity index (χ4n) is 2.99. The van der Waals surface area contributed by atoms with E-state index in [-0.39, 0.29) is 12.8 Å². The van der Waals surface area contributed by atoms with Crippen LogP contribution >= 0.6 is 0 Å². The molecule has 0 unspecified atom stereocenters. The minimum Gasteiger partial charge on any atom is -0.480 e. The van der Waals surface area contributed by atoms with Crippen LogP contribution in [0.1, 0.15) is 24.6 Å². The number of imidazole rings is 1. The van der Waals surface area contributed by atoms with Crippen LogP contribution < -0.4 is 5.73 Å². The Morgan fingerprint density at radius 1 is 1.15 bits per heavy atom. The molecule has 0 radical (unpaired) electrons. The maximum absolute atomic E-state index is 11.9. The summed E-state index contributed by atoms with van der Waals surface area (Å²) in [4.78, 5) is 32.1. The maximum atomic E-state index is 11.9. The summed E-state index contributed by atoms with van der Waals surface area (Å²) in [5.41, 5.74) is 8.74. The molecular formula is C20H20N4O3. The van der Waals surface area contributed by atoms with Crippen molar-refractivity contribution >= 4 is 11.9 Å². The number of nitrogens with zero attached hydrogens (tertiary/aromatic N) is 3. The van der Waals surface area contributed by atoms with Gasteiger partial charge in [-0.2, -0.15) is 0 Å². The molecule has 27 heavy (non-hydrogen) atoms. The molecule has 1 aromatic carbocycles. The number of amides is 1. The molecule has 0 aliphatic rings. The summed E-state index contributed by atoms with van der Waals surface area (Å²) in [6.07, 6.45) is 1.53. The fourth-order valence-corrected chi connectivity index (χ4v) is 2.99. The summed E-state index contributed by atoms with van der Waals surface area (Å²) >= 11 is 0. The SMILES string of the molecule is Cc1cccc(-c2c(-c3ccccc3)ncn2[C@@H](CCC(N)=O)C(=O)O)n1. The van der Waals surface area contributed by atoms with Gasteiger partial charge in [-0.1, -0.05) is 36.4 Å². The number of carbonyl (C=O) groups excluding carboxylic acids is 1. The molecular weight excluding hydrogens is 344 g/mol. The minimum absolute atomic E-state index is 0.0312. The summed E-state index contributed by atoms with van der Waals surface area (Å²) < 4.78 is 1.56. The highest BCUT2D eigenvalue weighted by Crippen LogP contribution is 2.33. The quantitative estimate of drug-likeness (QED) is 0.670. The Kier molecular flexibility index (Phi) is 5.30. The number of carbonyl (C=O) groups is 2. The molecule has 1 amide bonds. The molecule has 0 fully saturated rings. The molecule has 2 aromatic heterocycles. The number of aliphatic carboxylic acids is 1. The van der Waals surface area contributed by atoms with Gasteiger partial charge in [-0.15, -0.1) is 0 Å². The molecule has 3 rings (SSSR count). The Morgan fingerprint density at radius 2 is 1.89 bits per heavy atom. The Morgan fingerprint density at radius 3 is 2.52 bits per heavy atom. The van der Waals surface area contributed by atoms with Gasteiger partial charge in [-0.3, -0.25) is 9.78 Å². The van der Waals surface area contributed by atoms with Crippen molar-refractivity contribution in [2.75, 3.05) is 0 Å². The van der Waals surface area contributed by atoms with Gasteiger partial charge in [0, 0.05) is 17.7 Å². The smallest absolute Gasteiger partial charge is 0.326 e. The van der Waals surface area contributed by atoms with Crippen molar-refractivity contribution in [2.45, 2.75) is 25.8 Å². The number of carboxylic acids is 1. The Balaban J connectivity index is 2.18. The van der Waals surface area contributed by atoms with Gasteiger partial charge in [0.15, 0.2) is 0 Å². The molecule has 0 aliphatic carbocycles. The van der Waals surface area contributed by atoms with E-state index in [1.165, 1.54) is 6.33 Å². The van der Waals surface area contributed by atoms with E-state index in [1.54, 1.807) is 4.57 Å². The van der Waals surface area contributed by atoms with Crippen LogP contribution in [0.5, 0.6) is 0 Å². The van der Waals surface area contributed by atoms with Gasteiger partial charge < -0.3 is 15.4 Å². The number of hydrogen-bond acceptors (Lipinski definition) is 4. The molecule has 0 saturated heterocycles. The van der Waals surface area contributed by atoms with Crippen LogP contribution in [0, 0.1) is 6.92 Å². The van der Waals surface area contributed by atoms with Crippen molar-refractivity contribution in [3.63, 3.8) is 0 Å². The van der Waals surface area contributed by atoms with Gasteiger partial charge >= 0.3 is 5.97 Å². The Hall–Kier alpha value is -3.48. The zero-order valence-electron chi connectivity index (χ0n) is 14.9. The number of rotatable bonds is 7. The normalized spacial score (nSPS) is 11.9. The topological polar surface area (TPSA) is 111 Å². The third kappa shape index (κ3) is 4.03. The van der Waals surface area contributed by atoms with E-state index in [2.05, 4.69) is 9.97 Å². The third-order valence-corrected chi connectivity index (χ3v) is 4.26. The van der Waals surface area contributed by atoms with Crippen LogP contribution in [0.3, 0.4) is 0 Å². The molecule has 3 aromatic rings. The lowest BCUT2D eigenvalue weighted by atomic mass is 10.1. The second-order valence-corrected chi connectivity index (χ2v) is 6.24. The largest absolute Gasteiger partial charge is 0.480 e. The van der Waals surface area contributed by atoms with E-state index in [1.807, 2.05) is 55.5 Å². The summed E-state index contributed by atoms with van der Waals surface area (Å²) in [6, 6.07) is 14.1. The minimum atomic E-state index is -1.05. The molecule has 1 atom stereocenters. The lowest BCUT2D eigenvalue weighted by Crippen LogP contribution is -2.22. The van der Waals surface area contributed by atoms with Crippen LogP contribution in [0.4, 0.5) is 0 Å². The van der Waals surface area contributed by atoms with Crippen molar-refractivity contribution in [1.82, 2.24) is 14.5 Å². The van der Waals surface area contributed by atoms with E-state index < -0.39 is 17.9 Å². The van der Waals surface area contributed by atoms with Gasteiger partial charge in [0.2, 0.25) is 5.91 Å². The number of pyridine rings is 1. The summed E-state index contributed by atoms with van der Waals surface area (Å²) in [6.45, 7) is 1.87. The highest BCUT2D eigenvalue weighted by molar-refractivity contribution is 5.80. The summed E-state index contributed by atoms with van der Waals surface area (Å²) in [5, 5.41) is 9.72. The van der Waals surface area contributed by atoms with Crippen molar-refractivity contribution in [3.05, 3.63) is 60.6 Å². The first-order chi connectivity index (χ1) is 13.0. The van der Waals surface area contributed by atoms with Crippen LogP contribution in [-0.4, -0.2) is 31.5 Å². The second kappa shape index (κ2) is 7.82. The Labute approximate surface area is 156 Å². The highest BCUT2D eigenvalue weighted by atomic mass is 16.4. The number of primary amides is 1. The van der Waals surface area contributed by atoms with Crippen LogP contribution in [-0.2, 0) is 9.59 Å². The average Bonchev–Trinajstić information content (AvgIpc) is 3.07. The van der Waals surface area contributed by atoms with Gasteiger partial charge in [0.25, 0.3) is 0 Å². The highest BCUT2D eigenvalue weighted by Gasteiger charge is 2.26. The molecule has 138 valence electrons. The standard InChI is InChI=1S/C20H20N4O3/c1-13-6-5-9-15(23-13)19-18(14-7-3-2-4-8-14)22-12-24(19)16(20(26)27)10-11-17(21)25/h2-9,12,16H,10-11H2,1H3,(H2,21,25)(H,26,27)/t16-/m0/s1. The predicted molar refractivity (Wildman–Crippen MR) is 101 cm³/mol. The van der Waals surface area contributed by atoms with E-state index in [9.17, 15) is 14.7 Å². The van der Waals surface area contributed by atoms with Crippen molar-refractivity contribution in [1.29, 1.82) is 0 Å². The number of aromatic nitrogens is 3.